The predicted octanol–water partition coefficient (Wildman–Crippen LogP) is 2.41. The number of nitrogens with two attached hydrogens (primary N) is 1. The molecule has 0 aromatic heterocycles. The van der Waals surface area contributed by atoms with Crippen molar-refractivity contribution < 1.29 is 14.3 Å². The molecule has 2 amide bonds. The number of primary amides is 1. The van der Waals surface area contributed by atoms with Crippen molar-refractivity contribution in [2.24, 2.45) is 5.73 Å². The number of likely N-dealkylation sites (tertiary alicyclic amines) is 1. The van der Waals surface area contributed by atoms with E-state index in [1.54, 1.807) is 0 Å². The SMILES string of the molecule is Cc1cccc(C(=O)N2CCC[C@]23CC(C)(C)O[C@H]3CC(N)=O)c1. The van der Waals surface area contributed by atoms with Gasteiger partial charge in [0.1, 0.15) is 0 Å². The number of hydrogen-bond donors (Lipinski definition) is 1. The van der Waals surface area contributed by atoms with Crippen molar-refractivity contribution in [2.45, 2.75) is 63.7 Å². The third kappa shape index (κ3) is 2.93. The first-order chi connectivity index (χ1) is 11.2. The Kier molecular flexibility index (Phi) is 4.16. The molecule has 0 unspecified atom stereocenters. The van der Waals surface area contributed by atoms with Crippen LogP contribution in [0.5, 0.6) is 0 Å². The zero-order chi connectivity index (χ0) is 17.5. The lowest BCUT2D eigenvalue weighted by molar-refractivity contribution is -0.123. The second-order valence-electron chi connectivity index (χ2n) is 7.75. The van der Waals surface area contributed by atoms with Gasteiger partial charge in [-0.2, -0.15) is 0 Å². The van der Waals surface area contributed by atoms with Crippen LogP contribution in [0.25, 0.3) is 0 Å². The van der Waals surface area contributed by atoms with Crippen molar-refractivity contribution in [3.05, 3.63) is 35.4 Å². The number of benzene rings is 1. The van der Waals surface area contributed by atoms with Crippen LogP contribution in [0.4, 0.5) is 0 Å². The van der Waals surface area contributed by atoms with E-state index >= 15 is 0 Å². The van der Waals surface area contributed by atoms with E-state index in [0.29, 0.717) is 12.1 Å². The number of ether oxygens (including phenoxy) is 1. The van der Waals surface area contributed by atoms with Gasteiger partial charge in [0.25, 0.3) is 5.91 Å². The molecule has 2 aliphatic rings. The Bertz CT molecular complexity index is 670. The third-order valence-electron chi connectivity index (χ3n) is 5.22. The zero-order valence-corrected chi connectivity index (χ0v) is 14.7. The summed E-state index contributed by atoms with van der Waals surface area (Å²) in [6, 6.07) is 7.65. The molecule has 2 saturated heterocycles. The van der Waals surface area contributed by atoms with Gasteiger partial charge in [-0.1, -0.05) is 17.7 Å². The lowest BCUT2D eigenvalue weighted by Crippen LogP contribution is -2.53. The normalized spacial score (nSPS) is 28.5. The van der Waals surface area contributed by atoms with Crippen LogP contribution in [0.3, 0.4) is 0 Å². The van der Waals surface area contributed by atoms with Crippen LogP contribution in [0, 0.1) is 6.92 Å². The van der Waals surface area contributed by atoms with Crippen molar-refractivity contribution >= 4 is 11.8 Å². The summed E-state index contributed by atoms with van der Waals surface area (Å²) < 4.78 is 6.14. The molecule has 3 rings (SSSR count). The fourth-order valence-corrected chi connectivity index (χ4v) is 4.46. The molecule has 2 aliphatic heterocycles. The highest BCUT2D eigenvalue weighted by Crippen LogP contribution is 2.49. The van der Waals surface area contributed by atoms with Gasteiger partial charge in [0.15, 0.2) is 0 Å². The largest absolute Gasteiger partial charge is 0.370 e. The summed E-state index contributed by atoms with van der Waals surface area (Å²) in [6.45, 7) is 6.71. The van der Waals surface area contributed by atoms with Crippen LogP contribution >= 0.6 is 0 Å². The lowest BCUT2D eigenvalue weighted by Gasteiger charge is -2.38. The summed E-state index contributed by atoms with van der Waals surface area (Å²) >= 11 is 0. The van der Waals surface area contributed by atoms with Crippen LogP contribution in [0.1, 0.15) is 55.5 Å². The molecule has 2 N–H and O–H groups in total. The summed E-state index contributed by atoms with van der Waals surface area (Å²) in [7, 11) is 0. The standard InChI is InChI=1S/C19H26N2O3/c1-13-6-4-7-14(10-13)17(23)21-9-5-8-19(21)12-18(2,3)24-15(19)11-16(20)22/h4,6-7,10,15H,5,8-9,11-12H2,1-3H3,(H2,20,22)/t15-,19+/m0/s1. The van der Waals surface area contributed by atoms with Crippen molar-refractivity contribution in [3.8, 4) is 0 Å². The van der Waals surface area contributed by atoms with Gasteiger partial charge in [-0.3, -0.25) is 9.59 Å². The molecule has 2 atom stereocenters. The predicted molar refractivity (Wildman–Crippen MR) is 91.6 cm³/mol. The molecule has 5 nitrogen and oxygen atoms in total. The number of aryl methyl sites for hydroxylation is 1. The topological polar surface area (TPSA) is 72.6 Å². The number of nitrogens with zero attached hydrogens (tertiary/aromatic N) is 1. The molecule has 1 spiro atoms. The van der Waals surface area contributed by atoms with Gasteiger partial charge in [0.2, 0.25) is 5.91 Å². The van der Waals surface area contributed by atoms with Gasteiger partial charge in [0.05, 0.1) is 23.7 Å². The molecule has 0 radical (unpaired) electrons. The van der Waals surface area contributed by atoms with E-state index in [0.717, 1.165) is 24.8 Å². The number of amides is 2. The zero-order valence-electron chi connectivity index (χ0n) is 14.7. The van der Waals surface area contributed by atoms with Crippen LogP contribution in [-0.4, -0.2) is 40.5 Å². The van der Waals surface area contributed by atoms with E-state index in [9.17, 15) is 9.59 Å². The van der Waals surface area contributed by atoms with Gasteiger partial charge in [-0.15, -0.1) is 0 Å². The van der Waals surface area contributed by atoms with E-state index in [2.05, 4.69) is 0 Å². The van der Waals surface area contributed by atoms with Crippen molar-refractivity contribution in [1.82, 2.24) is 4.90 Å². The van der Waals surface area contributed by atoms with Gasteiger partial charge in [-0.25, -0.2) is 0 Å². The number of rotatable bonds is 3. The molecular weight excluding hydrogens is 304 g/mol. The summed E-state index contributed by atoms with van der Waals surface area (Å²) in [4.78, 5) is 26.6. The first-order valence-electron chi connectivity index (χ1n) is 8.58. The first kappa shape index (κ1) is 17.0. The van der Waals surface area contributed by atoms with Crippen LogP contribution in [0.2, 0.25) is 0 Å². The first-order valence-corrected chi connectivity index (χ1v) is 8.58. The maximum absolute atomic E-state index is 13.2. The maximum atomic E-state index is 13.2. The molecule has 0 aliphatic carbocycles. The minimum atomic E-state index is -0.431. The van der Waals surface area contributed by atoms with E-state index in [1.165, 1.54) is 0 Å². The fourth-order valence-electron chi connectivity index (χ4n) is 4.46. The molecule has 0 bridgehead atoms. The average Bonchev–Trinajstić information content (AvgIpc) is 2.99. The minimum Gasteiger partial charge on any atom is -0.370 e. The van der Waals surface area contributed by atoms with E-state index in [-0.39, 0.29) is 29.9 Å². The average molecular weight is 330 g/mol. The van der Waals surface area contributed by atoms with E-state index < -0.39 is 5.54 Å². The highest BCUT2D eigenvalue weighted by molar-refractivity contribution is 5.95. The Morgan fingerprint density at radius 1 is 1.38 bits per heavy atom. The molecule has 2 heterocycles. The second kappa shape index (κ2) is 5.88. The second-order valence-corrected chi connectivity index (χ2v) is 7.75. The molecule has 24 heavy (non-hydrogen) atoms. The minimum absolute atomic E-state index is 0.0203. The molecular formula is C19H26N2O3. The van der Waals surface area contributed by atoms with Crippen molar-refractivity contribution in [1.29, 1.82) is 0 Å². The fraction of sp³-hybridized carbons (Fsp3) is 0.579. The lowest BCUT2D eigenvalue weighted by atomic mass is 9.82. The van der Waals surface area contributed by atoms with Crippen molar-refractivity contribution in [3.63, 3.8) is 0 Å². The van der Waals surface area contributed by atoms with Gasteiger partial charge >= 0.3 is 0 Å². The monoisotopic (exact) mass is 330 g/mol. The van der Waals surface area contributed by atoms with Gasteiger partial charge in [0, 0.05) is 18.5 Å². The molecule has 1 aromatic carbocycles. The summed E-state index contributed by atoms with van der Waals surface area (Å²) in [5, 5.41) is 0. The van der Waals surface area contributed by atoms with Crippen LogP contribution in [0.15, 0.2) is 24.3 Å². The van der Waals surface area contributed by atoms with E-state index in [1.807, 2.05) is 49.9 Å². The summed E-state index contributed by atoms with van der Waals surface area (Å²) in [6.07, 6.45) is 2.33. The molecule has 1 aromatic rings. The number of carbonyl (C=O) groups excluding carboxylic acids is 2. The molecule has 0 saturated carbocycles. The molecule has 130 valence electrons. The van der Waals surface area contributed by atoms with Crippen molar-refractivity contribution in [2.75, 3.05) is 6.54 Å². The number of carbonyl (C=O) groups is 2. The Morgan fingerprint density at radius 2 is 2.12 bits per heavy atom. The van der Waals surface area contributed by atoms with Gasteiger partial charge in [-0.05, 0) is 45.7 Å². The van der Waals surface area contributed by atoms with Gasteiger partial charge < -0.3 is 15.4 Å². The van der Waals surface area contributed by atoms with E-state index in [4.69, 9.17) is 10.5 Å². The summed E-state index contributed by atoms with van der Waals surface area (Å²) in [5.74, 6) is -0.362. The maximum Gasteiger partial charge on any atom is 0.254 e. The molecule has 5 heteroatoms. The Morgan fingerprint density at radius 3 is 2.79 bits per heavy atom. The summed E-state index contributed by atoms with van der Waals surface area (Å²) in [5.41, 5.74) is 6.40. The smallest absolute Gasteiger partial charge is 0.254 e. The quantitative estimate of drug-likeness (QED) is 0.925. The Balaban J connectivity index is 1.95. The van der Waals surface area contributed by atoms with Crippen LogP contribution < -0.4 is 5.73 Å². The highest BCUT2D eigenvalue weighted by atomic mass is 16.5. The Labute approximate surface area is 143 Å². The number of hydrogen-bond acceptors (Lipinski definition) is 3. The third-order valence-corrected chi connectivity index (χ3v) is 5.22. The Hall–Kier alpha value is -1.88. The van der Waals surface area contributed by atoms with Crippen LogP contribution in [-0.2, 0) is 9.53 Å². The molecule has 2 fully saturated rings. The highest BCUT2D eigenvalue weighted by Gasteiger charge is 2.58.